The van der Waals surface area contributed by atoms with Crippen molar-refractivity contribution in [1.29, 1.82) is 0 Å². The molecule has 1 aliphatic carbocycles. The van der Waals surface area contributed by atoms with Gasteiger partial charge in [0.05, 0.1) is 13.4 Å². The van der Waals surface area contributed by atoms with Crippen molar-refractivity contribution in [2.75, 3.05) is 7.11 Å². The normalized spacial score (nSPS) is 15.3. The summed E-state index contributed by atoms with van der Waals surface area (Å²) in [7, 11) is 1.36. The van der Waals surface area contributed by atoms with Crippen molar-refractivity contribution in [3.8, 4) is 5.75 Å². The van der Waals surface area contributed by atoms with Gasteiger partial charge in [0.15, 0.2) is 0 Å². The lowest BCUT2D eigenvalue weighted by Crippen LogP contribution is -2.06. The molecule has 0 N–H and O–H groups in total. The third kappa shape index (κ3) is 1.09. The molecule has 0 radical (unpaired) electrons. The fourth-order valence-corrected chi connectivity index (χ4v) is 1.72. The van der Waals surface area contributed by atoms with E-state index in [-0.39, 0.29) is 5.97 Å². The van der Waals surface area contributed by atoms with Gasteiger partial charge in [-0.2, -0.15) is 0 Å². The van der Waals surface area contributed by atoms with Gasteiger partial charge in [-0.15, -0.1) is 0 Å². The van der Waals surface area contributed by atoms with Crippen LogP contribution in [0.4, 0.5) is 0 Å². The lowest BCUT2D eigenvalue weighted by molar-refractivity contribution is 0.0597. The zero-order chi connectivity index (χ0) is 10.4. The number of carbonyl (C=O) groups is 1. The maximum atomic E-state index is 11.5. The molecule has 0 saturated heterocycles. The molecule has 3 nitrogen and oxygen atoms in total. The number of ether oxygens (including phenoxy) is 2. The summed E-state index contributed by atoms with van der Waals surface area (Å²) in [6, 6.07) is 5.47. The minimum atomic E-state index is -0.370. The van der Waals surface area contributed by atoms with E-state index >= 15 is 0 Å². The Balaban J connectivity index is 2.16. The maximum absolute atomic E-state index is 11.5. The molecule has 1 heterocycles. The summed E-state index contributed by atoms with van der Waals surface area (Å²) in [4.78, 5) is 11.5. The fraction of sp³-hybridized carbons (Fsp3) is 0.0833. The number of para-hydroxylation sites is 1. The topological polar surface area (TPSA) is 35.5 Å². The molecule has 1 aliphatic heterocycles. The van der Waals surface area contributed by atoms with Gasteiger partial charge in [0.2, 0.25) is 0 Å². The van der Waals surface area contributed by atoms with Crippen LogP contribution in [0.2, 0.25) is 0 Å². The van der Waals surface area contributed by atoms with Crippen LogP contribution in [0.3, 0.4) is 0 Å². The first kappa shape index (κ1) is 8.29. The quantitative estimate of drug-likeness (QED) is 0.651. The zero-order valence-corrected chi connectivity index (χ0v) is 8.11. The van der Waals surface area contributed by atoms with Crippen LogP contribution >= 0.6 is 0 Å². The standard InChI is InChI=1S/C12H8O3/c1-14-12(13)9-4-2-3-8-10-5-7(10)6-15-11(8)9/h2-6H,1H3. The molecule has 0 fully saturated rings. The van der Waals surface area contributed by atoms with Crippen LogP contribution in [-0.2, 0) is 4.74 Å². The van der Waals surface area contributed by atoms with E-state index in [1.54, 1.807) is 12.3 Å². The molecule has 1 aromatic rings. The molecule has 0 amide bonds. The lowest BCUT2D eigenvalue weighted by atomic mass is 10.0. The van der Waals surface area contributed by atoms with E-state index in [4.69, 9.17) is 9.47 Å². The molecular weight excluding hydrogens is 192 g/mol. The van der Waals surface area contributed by atoms with E-state index in [0.29, 0.717) is 11.3 Å². The molecular formula is C12H8O3. The van der Waals surface area contributed by atoms with Gasteiger partial charge >= 0.3 is 5.97 Å². The fourth-order valence-electron chi connectivity index (χ4n) is 1.72. The number of hydrogen-bond acceptors (Lipinski definition) is 3. The number of benzene rings is 1. The predicted octanol–water partition coefficient (Wildman–Crippen LogP) is 2.15. The van der Waals surface area contributed by atoms with E-state index in [9.17, 15) is 4.79 Å². The van der Waals surface area contributed by atoms with Crippen molar-refractivity contribution in [2.45, 2.75) is 0 Å². The first-order valence-electron chi connectivity index (χ1n) is 4.62. The van der Waals surface area contributed by atoms with Gasteiger partial charge in [-0.05, 0) is 17.7 Å². The predicted molar refractivity (Wildman–Crippen MR) is 54.5 cm³/mol. The molecule has 74 valence electrons. The average Bonchev–Trinajstić information content (AvgIpc) is 3.06. The second kappa shape index (κ2) is 2.73. The van der Waals surface area contributed by atoms with Crippen molar-refractivity contribution in [2.24, 2.45) is 0 Å². The highest BCUT2D eigenvalue weighted by atomic mass is 16.5. The summed E-state index contributed by atoms with van der Waals surface area (Å²) in [6.07, 6.45) is 3.68. The largest absolute Gasteiger partial charge is 0.465 e. The van der Waals surface area contributed by atoms with Gasteiger partial charge in [-0.25, -0.2) is 4.79 Å². The molecule has 1 aromatic carbocycles. The van der Waals surface area contributed by atoms with E-state index in [1.807, 2.05) is 18.2 Å². The van der Waals surface area contributed by atoms with Crippen LogP contribution in [0.5, 0.6) is 5.75 Å². The first-order chi connectivity index (χ1) is 7.31. The summed E-state index contributed by atoms with van der Waals surface area (Å²) in [5.41, 5.74) is 3.69. The van der Waals surface area contributed by atoms with Gasteiger partial charge in [-0.1, -0.05) is 12.1 Å². The second-order valence-electron chi connectivity index (χ2n) is 3.42. The van der Waals surface area contributed by atoms with E-state index in [2.05, 4.69) is 0 Å². The van der Waals surface area contributed by atoms with Gasteiger partial charge < -0.3 is 9.47 Å². The minimum Gasteiger partial charge on any atom is -0.465 e. The number of fused-ring (bicyclic) bond motifs is 3. The number of allylic oxidation sites excluding steroid dienone is 3. The Morgan fingerprint density at radius 3 is 3.07 bits per heavy atom. The average molecular weight is 200 g/mol. The number of methoxy groups -OCH3 is 1. The van der Waals surface area contributed by atoms with Gasteiger partial charge in [0.1, 0.15) is 11.3 Å². The van der Waals surface area contributed by atoms with Crippen LogP contribution in [0, 0.1) is 0 Å². The SMILES string of the molecule is COC(=O)c1cccc2c1OC=C1C=C12. The molecule has 0 bridgehead atoms. The van der Waals surface area contributed by atoms with E-state index in [1.165, 1.54) is 7.11 Å². The molecule has 0 saturated carbocycles. The van der Waals surface area contributed by atoms with E-state index in [0.717, 1.165) is 16.7 Å². The van der Waals surface area contributed by atoms with Crippen LogP contribution in [-0.4, -0.2) is 13.1 Å². The first-order valence-corrected chi connectivity index (χ1v) is 4.62. The Labute approximate surface area is 86.6 Å². The van der Waals surface area contributed by atoms with Gasteiger partial charge in [-0.3, -0.25) is 0 Å². The summed E-state index contributed by atoms with van der Waals surface area (Å²) < 4.78 is 10.1. The van der Waals surface area contributed by atoms with Crippen molar-refractivity contribution in [1.82, 2.24) is 0 Å². The monoisotopic (exact) mass is 200 g/mol. The van der Waals surface area contributed by atoms with Crippen molar-refractivity contribution >= 4 is 11.5 Å². The number of rotatable bonds is 1. The third-order valence-corrected chi connectivity index (χ3v) is 2.54. The molecule has 3 heteroatoms. The molecule has 3 rings (SSSR count). The molecule has 0 atom stereocenters. The molecule has 2 aliphatic rings. The minimum absolute atomic E-state index is 0.370. The van der Waals surface area contributed by atoms with Crippen LogP contribution in [0.25, 0.3) is 5.57 Å². The van der Waals surface area contributed by atoms with Crippen molar-refractivity contribution < 1.29 is 14.3 Å². The number of carbonyl (C=O) groups excluding carboxylic acids is 1. The highest BCUT2D eigenvalue weighted by molar-refractivity contribution is 6.03. The van der Waals surface area contributed by atoms with Crippen LogP contribution in [0.1, 0.15) is 15.9 Å². The maximum Gasteiger partial charge on any atom is 0.341 e. The Hall–Kier alpha value is -2.03. The molecule has 0 unspecified atom stereocenters. The Morgan fingerprint density at radius 2 is 2.27 bits per heavy atom. The molecule has 0 aromatic heterocycles. The summed E-state index contributed by atoms with van der Waals surface area (Å²) in [5.74, 6) is 0.224. The van der Waals surface area contributed by atoms with Crippen LogP contribution < -0.4 is 4.74 Å². The molecule has 0 spiro atoms. The van der Waals surface area contributed by atoms with Crippen LogP contribution in [0.15, 0.2) is 36.1 Å². The number of esters is 1. The summed E-state index contributed by atoms with van der Waals surface area (Å²) in [5, 5.41) is 0. The third-order valence-electron chi connectivity index (χ3n) is 2.54. The Morgan fingerprint density at radius 1 is 1.40 bits per heavy atom. The highest BCUT2D eigenvalue weighted by Crippen LogP contribution is 2.46. The Kier molecular flexibility index (Phi) is 1.51. The smallest absolute Gasteiger partial charge is 0.341 e. The highest BCUT2D eigenvalue weighted by Gasteiger charge is 2.29. The summed E-state index contributed by atoms with van der Waals surface area (Å²) in [6.45, 7) is 0. The summed E-state index contributed by atoms with van der Waals surface area (Å²) >= 11 is 0. The van der Waals surface area contributed by atoms with Gasteiger partial charge in [0, 0.05) is 11.1 Å². The van der Waals surface area contributed by atoms with Crippen molar-refractivity contribution in [3.05, 3.63) is 47.2 Å². The lowest BCUT2D eigenvalue weighted by Gasteiger charge is -2.13. The molecule has 15 heavy (non-hydrogen) atoms. The number of hydrogen-bond donors (Lipinski definition) is 0. The van der Waals surface area contributed by atoms with E-state index < -0.39 is 0 Å². The zero-order valence-electron chi connectivity index (χ0n) is 8.11. The second-order valence-corrected chi connectivity index (χ2v) is 3.42. The Bertz CT molecular complexity index is 524. The van der Waals surface area contributed by atoms with Crippen molar-refractivity contribution in [3.63, 3.8) is 0 Å². The van der Waals surface area contributed by atoms with Gasteiger partial charge in [0.25, 0.3) is 0 Å².